The maximum Gasteiger partial charge on any atom is 0.278 e. The van der Waals surface area contributed by atoms with Gasteiger partial charge in [-0.05, 0) is 59.2 Å². The molecule has 0 saturated carbocycles. The summed E-state index contributed by atoms with van der Waals surface area (Å²) >= 11 is 0. The minimum Gasteiger partial charge on any atom is -0.384 e. The number of anilines is 1. The van der Waals surface area contributed by atoms with Crippen LogP contribution in [-0.2, 0) is 6.42 Å². The molecule has 33 heavy (non-hydrogen) atoms. The van der Waals surface area contributed by atoms with Crippen molar-refractivity contribution in [2.45, 2.75) is 6.42 Å². The van der Waals surface area contributed by atoms with Gasteiger partial charge in [0.05, 0.1) is 5.69 Å². The van der Waals surface area contributed by atoms with Gasteiger partial charge in [0, 0.05) is 31.2 Å². The Labute approximate surface area is 189 Å². The van der Waals surface area contributed by atoms with Crippen molar-refractivity contribution in [2.24, 2.45) is 0 Å². The van der Waals surface area contributed by atoms with E-state index in [0.29, 0.717) is 29.1 Å². The van der Waals surface area contributed by atoms with E-state index in [2.05, 4.69) is 19.9 Å². The molecule has 0 saturated heterocycles. The van der Waals surface area contributed by atoms with E-state index in [1.54, 1.807) is 35.4 Å². The lowest BCUT2D eigenvalue weighted by Gasteiger charge is -2.12. The van der Waals surface area contributed by atoms with Crippen LogP contribution in [0.4, 0.5) is 5.82 Å². The van der Waals surface area contributed by atoms with E-state index in [1.807, 2.05) is 66.7 Å². The molecule has 4 heterocycles. The Morgan fingerprint density at radius 3 is 2.58 bits per heavy atom. The summed E-state index contributed by atoms with van der Waals surface area (Å²) in [7, 11) is 0. The Morgan fingerprint density at radius 2 is 1.76 bits per heavy atom. The number of nitrogens with zero attached hydrogens (tertiary/aromatic N) is 5. The molecule has 0 spiro atoms. The third-order valence-electron chi connectivity index (χ3n) is 5.18. The van der Waals surface area contributed by atoms with Crippen LogP contribution in [-0.4, -0.2) is 24.5 Å². The summed E-state index contributed by atoms with van der Waals surface area (Å²) in [6, 6.07) is 18.9. The lowest BCUT2D eigenvalue weighted by Crippen LogP contribution is -2.25. The van der Waals surface area contributed by atoms with Gasteiger partial charge >= 0.3 is 0 Å². The molecule has 0 fully saturated rings. The van der Waals surface area contributed by atoms with Crippen LogP contribution in [0.1, 0.15) is 22.4 Å². The molecule has 0 amide bonds. The third kappa shape index (κ3) is 4.38. The number of fused-ring (bicyclic) bond motifs is 1. The van der Waals surface area contributed by atoms with Gasteiger partial charge in [-0.3, -0.25) is 14.3 Å². The monoisotopic (exact) mass is 432 g/mol. The normalized spacial score (nSPS) is 11.3. The van der Waals surface area contributed by atoms with Crippen LogP contribution in [0.25, 0.3) is 29.0 Å². The first kappa shape index (κ1) is 20.3. The number of hydrogen-bond acceptors (Lipinski definition) is 6. The highest BCUT2D eigenvalue weighted by molar-refractivity contribution is 5.74. The fourth-order valence-corrected chi connectivity index (χ4v) is 3.59. The molecule has 0 bridgehead atoms. The largest absolute Gasteiger partial charge is 0.384 e. The molecule has 2 N–H and O–H groups in total. The molecule has 5 aromatic rings. The van der Waals surface area contributed by atoms with E-state index in [4.69, 9.17) is 5.73 Å². The summed E-state index contributed by atoms with van der Waals surface area (Å²) in [6.07, 6.45) is 11.1. The number of nitrogen functional groups attached to an aromatic ring is 1. The Hall–Kier alpha value is -4.65. The highest BCUT2D eigenvalue weighted by Crippen LogP contribution is 2.17. The molecular weight excluding hydrogens is 412 g/mol. The van der Waals surface area contributed by atoms with Gasteiger partial charge in [-0.25, -0.2) is 15.0 Å². The number of nitrogens with two attached hydrogens (primary N) is 1. The SMILES string of the molecule is Nc1ccc(C=Cc2cccc(-n3c(=O)c(Cc4cccnc4)nc4cccnc43)c2)cn1. The molecule has 0 unspecified atom stereocenters. The Morgan fingerprint density at radius 1 is 0.879 bits per heavy atom. The molecule has 7 heteroatoms. The van der Waals surface area contributed by atoms with Gasteiger partial charge in [0.15, 0.2) is 5.65 Å². The first-order valence-corrected chi connectivity index (χ1v) is 10.4. The lowest BCUT2D eigenvalue weighted by atomic mass is 10.1. The van der Waals surface area contributed by atoms with E-state index >= 15 is 0 Å². The van der Waals surface area contributed by atoms with Gasteiger partial charge in [-0.15, -0.1) is 0 Å². The van der Waals surface area contributed by atoms with Crippen molar-refractivity contribution in [3.05, 3.63) is 118 Å². The Kier molecular flexibility index (Phi) is 5.43. The van der Waals surface area contributed by atoms with Crippen LogP contribution in [0.2, 0.25) is 0 Å². The summed E-state index contributed by atoms with van der Waals surface area (Å²) in [5.74, 6) is 0.479. The number of rotatable bonds is 5. The number of hydrogen-bond donors (Lipinski definition) is 1. The van der Waals surface area contributed by atoms with Gasteiger partial charge in [0.2, 0.25) is 0 Å². The molecule has 0 aliphatic carbocycles. The Bertz CT molecular complexity index is 1510. The zero-order valence-corrected chi connectivity index (χ0v) is 17.7. The average Bonchev–Trinajstić information content (AvgIpc) is 2.85. The Balaban J connectivity index is 1.59. The predicted molar refractivity (Wildman–Crippen MR) is 130 cm³/mol. The van der Waals surface area contributed by atoms with Crippen molar-refractivity contribution in [2.75, 3.05) is 5.73 Å². The van der Waals surface area contributed by atoms with E-state index < -0.39 is 0 Å². The first-order valence-electron chi connectivity index (χ1n) is 10.4. The van der Waals surface area contributed by atoms with Gasteiger partial charge in [-0.1, -0.05) is 30.4 Å². The van der Waals surface area contributed by atoms with Crippen molar-refractivity contribution >= 4 is 29.1 Å². The van der Waals surface area contributed by atoms with Crippen LogP contribution in [0, 0.1) is 0 Å². The van der Waals surface area contributed by atoms with Gasteiger partial charge < -0.3 is 5.73 Å². The van der Waals surface area contributed by atoms with Crippen molar-refractivity contribution in [1.29, 1.82) is 0 Å². The second kappa shape index (κ2) is 8.84. The van der Waals surface area contributed by atoms with Gasteiger partial charge in [0.1, 0.15) is 17.0 Å². The first-order chi connectivity index (χ1) is 16.2. The fraction of sp³-hybridized carbons (Fsp3) is 0.0385. The summed E-state index contributed by atoms with van der Waals surface area (Å²) in [5.41, 5.74) is 10.6. The van der Waals surface area contributed by atoms with E-state index in [9.17, 15) is 4.79 Å². The molecule has 0 aliphatic rings. The van der Waals surface area contributed by atoms with Crippen LogP contribution in [0.15, 0.2) is 90.2 Å². The maximum absolute atomic E-state index is 13.5. The summed E-state index contributed by atoms with van der Waals surface area (Å²) in [6.45, 7) is 0. The van der Waals surface area contributed by atoms with E-state index in [-0.39, 0.29) is 5.56 Å². The summed E-state index contributed by atoms with van der Waals surface area (Å²) in [4.78, 5) is 30.8. The van der Waals surface area contributed by atoms with Crippen LogP contribution < -0.4 is 11.3 Å². The van der Waals surface area contributed by atoms with Gasteiger partial charge in [-0.2, -0.15) is 0 Å². The summed E-state index contributed by atoms with van der Waals surface area (Å²) < 4.78 is 1.62. The third-order valence-corrected chi connectivity index (χ3v) is 5.18. The number of aromatic nitrogens is 5. The minimum atomic E-state index is -0.200. The van der Waals surface area contributed by atoms with Crippen molar-refractivity contribution in [3.63, 3.8) is 0 Å². The standard InChI is InChI=1S/C26H20N6O/c27-24-11-10-19(17-30-24)9-8-18-4-1-6-21(14-18)32-25-22(7-3-13-29-25)31-23(26(32)33)15-20-5-2-12-28-16-20/h1-14,16-17H,15H2,(H2,27,30). The van der Waals surface area contributed by atoms with Crippen molar-refractivity contribution < 1.29 is 0 Å². The van der Waals surface area contributed by atoms with E-state index in [0.717, 1.165) is 22.4 Å². The summed E-state index contributed by atoms with van der Waals surface area (Å²) in [5, 5.41) is 0. The zero-order chi connectivity index (χ0) is 22.6. The second-order valence-electron chi connectivity index (χ2n) is 7.53. The molecule has 0 aliphatic heterocycles. The molecule has 4 aromatic heterocycles. The van der Waals surface area contributed by atoms with Crippen LogP contribution in [0.5, 0.6) is 0 Å². The van der Waals surface area contributed by atoms with E-state index in [1.165, 1.54) is 0 Å². The second-order valence-corrected chi connectivity index (χ2v) is 7.53. The quantitative estimate of drug-likeness (QED) is 0.452. The van der Waals surface area contributed by atoms with Crippen molar-refractivity contribution in [3.8, 4) is 5.69 Å². The van der Waals surface area contributed by atoms with Crippen LogP contribution in [0.3, 0.4) is 0 Å². The lowest BCUT2D eigenvalue weighted by molar-refractivity contribution is 0.924. The number of pyridine rings is 3. The number of benzene rings is 1. The van der Waals surface area contributed by atoms with Crippen LogP contribution >= 0.6 is 0 Å². The molecule has 7 nitrogen and oxygen atoms in total. The molecular formula is C26H20N6O. The maximum atomic E-state index is 13.5. The molecule has 5 rings (SSSR count). The molecule has 160 valence electrons. The van der Waals surface area contributed by atoms with Gasteiger partial charge in [0.25, 0.3) is 5.56 Å². The average molecular weight is 432 g/mol. The smallest absolute Gasteiger partial charge is 0.278 e. The predicted octanol–water partition coefficient (Wildman–Crippen LogP) is 3.91. The molecule has 0 atom stereocenters. The highest BCUT2D eigenvalue weighted by atomic mass is 16.1. The minimum absolute atomic E-state index is 0.200. The topological polar surface area (TPSA) is 99.6 Å². The fourth-order valence-electron chi connectivity index (χ4n) is 3.59. The zero-order valence-electron chi connectivity index (χ0n) is 17.7. The highest BCUT2D eigenvalue weighted by Gasteiger charge is 2.14. The van der Waals surface area contributed by atoms with Crippen molar-refractivity contribution in [1.82, 2.24) is 24.5 Å². The molecule has 1 aromatic carbocycles. The molecule has 0 radical (unpaired) electrons.